The third-order valence-electron chi connectivity index (χ3n) is 6.02. The van der Waals surface area contributed by atoms with Gasteiger partial charge < -0.3 is 13.9 Å². The van der Waals surface area contributed by atoms with Crippen LogP contribution in [-0.4, -0.2) is 44.6 Å². The van der Waals surface area contributed by atoms with E-state index in [9.17, 15) is 9.18 Å². The highest BCUT2D eigenvalue weighted by molar-refractivity contribution is 7.99. The van der Waals surface area contributed by atoms with Gasteiger partial charge in [0.15, 0.2) is 16.8 Å². The number of ether oxygens (including phenoxy) is 1. The van der Waals surface area contributed by atoms with Gasteiger partial charge in [-0.15, -0.1) is 10.2 Å². The van der Waals surface area contributed by atoms with E-state index in [0.717, 1.165) is 23.4 Å². The van der Waals surface area contributed by atoms with Gasteiger partial charge in [-0.3, -0.25) is 4.79 Å². The van der Waals surface area contributed by atoms with E-state index in [4.69, 9.17) is 4.74 Å². The first-order valence-corrected chi connectivity index (χ1v) is 12.5. The lowest BCUT2D eigenvalue weighted by molar-refractivity contribution is 0.102. The number of carbonyl (C=O) groups excluding carboxylic acids is 1. The summed E-state index contributed by atoms with van der Waals surface area (Å²) in [5, 5.41) is 9.23. The SMILES string of the molecule is COCCn1c(C)cc(C(=O)CSc2nnc(-c3ccccc3F)n2CCc2ccccc2)c1C. The van der Waals surface area contributed by atoms with Crippen LogP contribution < -0.4 is 0 Å². The monoisotopic (exact) mass is 492 g/mol. The van der Waals surface area contributed by atoms with Gasteiger partial charge in [-0.05, 0) is 44.0 Å². The molecule has 0 fully saturated rings. The molecule has 182 valence electrons. The number of hydrogen-bond donors (Lipinski definition) is 0. The summed E-state index contributed by atoms with van der Waals surface area (Å²) >= 11 is 1.33. The Morgan fingerprint density at radius 2 is 1.74 bits per heavy atom. The molecule has 6 nitrogen and oxygen atoms in total. The number of methoxy groups -OCH3 is 1. The number of nitrogens with zero attached hydrogens (tertiary/aromatic N) is 4. The standard InChI is InChI=1S/C27H29FN4O2S/c1-19-17-23(20(2)31(19)15-16-34-3)25(33)18-35-27-30-29-26(22-11-7-8-12-24(22)28)32(27)14-13-21-9-5-4-6-10-21/h4-12,17H,13-16,18H2,1-3H3. The Morgan fingerprint density at radius 3 is 2.49 bits per heavy atom. The van der Waals surface area contributed by atoms with Crippen LogP contribution in [0.4, 0.5) is 4.39 Å². The number of benzene rings is 2. The molecule has 8 heteroatoms. The number of aromatic nitrogens is 4. The quantitative estimate of drug-likeness (QED) is 0.208. The number of carbonyl (C=O) groups is 1. The van der Waals surface area contributed by atoms with E-state index >= 15 is 0 Å². The molecule has 35 heavy (non-hydrogen) atoms. The van der Waals surface area contributed by atoms with Gasteiger partial charge in [-0.25, -0.2) is 4.39 Å². The predicted molar refractivity (Wildman–Crippen MR) is 136 cm³/mol. The van der Waals surface area contributed by atoms with Crippen LogP contribution in [0.15, 0.2) is 65.8 Å². The van der Waals surface area contributed by atoms with Crippen LogP contribution in [0.25, 0.3) is 11.4 Å². The third kappa shape index (κ3) is 5.71. The number of hydrogen-bond acceptors (Lipinski definition) is 5. The maximum Gasteiger partial charge on any atom is 0.191 e. The zero-order valence-corrected chi connectivity index (χ0v) is 21.0. The molecule has 0 saturated heterocycles. The molecular formula is C27H29FN4O2S. The second kappa shape index (κ2) is 11.5. The molecule has 4 aromatic rings. The molecule has 0 spiro atoms. The number of aryl methyl sites for hydroxylation is 2. The van der Waals surface area contributed by atoms with Crippen molar-refractivity contribution in [1.29, 1.82) is 0 Å². The maximum absolute atomic E-state index is 14.6. The highest BCUT2D eigenvalue weighted by atomic mass is 32.2. The second-order valence-corrected chi connectivity index (χ2v) is 9.26. The zero-order valence-electron chi connectivity index (χ0n) is 20.2. The third-order valence-corrected chi connectivity index (χ3v) is 6.99. The molecule has 0 saturated carbocycles. The van der Waals surface area contributed by atoms with Gasteiger partial charge in [0, 0.05) is 37.2 Å². The number of thioether (sulfide) groups is 1. The summed E-state index contributed by atoms with van der Waals surface area (Å²) < 4.78 is 23.8. The number of Topliss-reactive ketones (excluding diaryl/α,β-unsaturated/α-hetero) is 1. The summed E-state index contributed by atoms with van der Waals surface area (Å²) in [4.78, 5) is 13.1. The van der Waals surface area contributed by atoms with Crippen molar-refractivity contribution < 1.29 is 13.9 Å². The molecule has 0 unspecified atom stereocenters. The largest absolute Gasteiger partial charge is 0.383 e. The van der Waals surface area contributed by atoms with Crippen LogP contribution in [0, 0.1) is 19.7 Å². The average molecular weight is 493 g/mol. The van der Waals surface area contributed by atoms with Crippen molar-refractivity contribution in [1.82, 2.24) is 19.3 Å². The Kier molecular flexibility index (Phi) is 8.15. The Bertz CT molecular complexity index is 1300. The van der Waals surface area contributed by atoms with Crippen molar-refractivity contribution >= 4 is 17.5 Å². The fourth-order valence-corrected chi connectivity index (χ4v) is 4.99. The van der Waals surface area contributed by atoms with E-state index in [1.807, 2.05) is 42.7 Å². The molecule has 4 rings (SSSR count). The molecule has 0 amide bonds. The van der Waals surface area contributed by atoms with Crippen molar-refractivity contribution in [3.05, 3.63) is 89.0 Å². The van der Waals surface area contributed by atoms with Gasteiger partial charge in [0.25, 0.3) is 0 Å². The lowest BCUT2D eigenvalue weighted by Gasteiger charge is -2.11. The lowest BCUT2D eigenvalue weighted by Crippen LogP contribution is -2.10. The Morgan fingerprint density at radius 1 is 1.00 bits per heavy atom. The van der Waals surface area contributed by atoms with Gasteiger partial charge >= 0.3 is 0 Å². The van der Waals surface area contributed by atoms with Crippen molar-refractivity contribution in [3.63, 3.8) is 0 Å². The fourth-order valence-electron chi connectivity index (χ4n) is 4.14. The summed E-state index contributed by atoms with van der Waals surface area (Å²) in [6.07, 6.45) is 0.739. The molecule has 0 bridgehead atoms. The van der Waals surface area contributed by atoms with Gasteiger partial charge in [0.05, 0.1) is 17.9 Å². The van der Waals surface area contributed by atoms with Gasteiger partial charge in [0.2, 0.25) is 0 Å². The average Bonchev–Trinajstić information content (AvgIpc) is 3.40. The molecule has 0 N–H and O–H groups in total. The Balaban J connectivity index is 1.56. The van der Waals surface area contributed by atoms with Crippen molar-refractivity contribution in [2.45, 2.75) is 38.5 Å². The summed E-state index contributed by atoms with van der Waals surface area (Å²) in [5.41, 5.74) is 4.23. The number of halogens is 1. The first-order valence-electron chi connectivity index (χ1n) is 11.5. The molecule has 0 radical (unpaired) electrons. The van der Waals surface area contributed by atoms with Crippen LogP contribution in [0.5, 0.6) is 0 Å². The maximum atomic E-state index is 14.6. The minimum atomic E-state index is -0.350. The van der Waals surface area contributed by atoms with Crippen LogP contribution in [0.2, 0.25) is 0 Å². The molecule has 0 aliphatic heterocycles. The van der Waals surface area contributed by atoms with E-state index in [0.29, 0.717) is 41.8 Å². The highest BCUT2D eigenvalue weighted by Crippen LogP contribution is 2.27. The topological polar surface area (TPSA) is 61.9 Å². The minimum Gasteiger partial charge on any atom is -0.383 e. The molecule has 2 aromatic heterocycles. The zero-order chi connectivity index (χ0) is 24.8. The lowest BCUT2D eigenvalue weighted by atomic mass is 10.1. The Hall–Kier alpha value is -3.23. The highest BCUT2D eigenvalue weighted by Gasteiger charge is 2.20. The van der Waals surface area contributed by atoms with Crippen LogP contribution >= 0.6 is 11.8 Å². The summed E-state index contributed by atoms with van der Waals surface area (Å²) in [6, 6.07) is 18.6. The molecule has 0 atom stereocenters. The molecule has 2 aromatic carbocycles. The van der Waals surface area contributed by atoms with E-state index in [1.54, 1.807) is 25.3 Å². The van der Waals surface area contributed by atoms with Crippen molar-refractivity contribution in [2.75, 3.05) is 19.5 Å². The molecular weight excluding hydrogens is 463 g/mol. The van der Waals surface area contributed by atoms with Gasteiger partial charge in [-0.2, -0.15) is 0 Å². The predicted octanol–water partition coefficient (Wildman–Crippen LogP) is 5.37. The number of rotatable bonds is 11. The Labute approximate surface area is 209 Å². The summed E-state index contributed by atoms with van der Waals surface area (Å²) in [5.74, 6) is 0.357. The molecule has 0 aliphatic rings. The first-order chi connectivity index (χ1) is 17.0. The van der Waals surface area contributed by atoms with Gasteiger partial charge in [-0.1, -0.05) is 54.2 Å². The normalized spacial score (nSPS) is 11.2. The van der Waals surface area contributed by atoms with E-state index in [-0.39, 0.29) is 17.4 Å². The van der Waals surface area contributed by atoms with E-state index in [2.05, 4.69) is 26.9 Å². The molecule has 2 heterocycles. The van der Waals surface area contributed by atoms with Crippen LogP contribution in [0.3, 0.4) is 0 Å². The minimum absolute atomic E-state index is 0.0248. The van der Waals surface area contributed by atoms with E-state index in [1.165, 1.54) is 17.8 Å². The molecule has 0 aliphatic carbocycles. The van der Waals surface area contributed by atoms with Crippen LogP contribution in [0.1, 0.15) is 27.3 Å². The van der Waals surface area contributed by atoms with Gasteiger partial charge in [0.1, 0.15) is 5.82 Å². The van der Waals surface area contributed by atoms with Crippen LogP contribution in [-0.2, 0) is 24.2 Å². The summed E-state index contributed by atoms with van der Waals surface area (Å²) in [7, 11) is 1.67. The number of ketones is 1. The second-order valence-electron chi connectivity index (χ2n) is 8.31. The summed E-state index contributed by atoms with van der Waals surface area (Å²) in [6.45, 7) is 5.81. The van der Waals surface area contributed by atoms with E-state index < -0.39 is 0 Å². The van der Waals surface area contributed by atoms with Crippen molar-refractivity contribution in [2.24, 2.45) is 0 Å². The smallest absolute Gasteiger partial charge is 0.191 e. The first kappa shape index (κ1) is 24.9. The fraction of sp³-hybridized carbons (Fsp3) is 0.296. The van der Waals surface area contributed by atoms with Crippen molar-refractivity contribution in [3.8, 4) is 11.4 Å².